The molecule has 1 aliphatic heterocycles. The fourth-order valence-electron chi connectivity index (χ4n) is 2.59. The van der Waals surface area contributed by atoms with E-state index in [1.165, 1.54) is 0 Å². The van der Waals surface area contributed by atoms with Gasteiger partial charge in [0.05, 0.1) is 0 Å². The first-order chi connectivity index (χ1) is 11.1. The Morgan fingerprint density at radius 2 is 1.91 bits per heavy atom. The van der Waals surface area contributed by atoms with Crippen LogP contribution in [0.15, 0.2) is 24.3 Å². The fraction of sp³-hybridized carbons (Fsp3) is 0.529. The second-order valence-corrected chi connectivity index (χ2v) is 6.15. The van der Waals surface area contributed by atoms with Crippen LogP contribution >= 0.6 is 11.6 Å². The summed E-state index contributed by atoms with van der Waals surface area (Å²) in [5.41, 5.74) is 0. The van der Waals surface area contributed by atoms with Crippen molar-refractivity contribution in [2.45, 2.75) is 38.6 Å². The molecule has 1 aromatic rings. The Kier molecular flexibility index (Phi) is 6.71. The first kappa shape index (κ1) is 17.6. The molecule has 0 saturated carbocycles. The van der Waals surface area contributed by atoms with Crippen LogP contribution in [0.25, 0.3) is 0 Å². The summed E-state index contributed by atoms with van der Waals surface area (Å²) in [5.74, 6) is 0.686. The first-order valence-electron chi connectivity index (χ1n) is 8.04. The zero-order valence-corrected chi connectivity index (χ0v) is 14.1. The molecule has 126 valence electrons. The van der Waals surface area contributed by atoms with Crippen LogP contribution in [0.5, 0.6) is 5.75 Å². The van der Waals surface area contributed by atoms with E-state index in [2.05, 4.69) is 5.32 Å². The third kappa shape index (κ3) is 5.75. The number of rotatable bonds is 6. The minimum absolute atomic E-state index is 0.0173. The topological polar surface area (TPSA) is 58.6 Å². The number of nitrogens with zero attached hydrogens (tertiary/aromatic N) is 1. The van der Waals surface area contributed by atoms with E-state index in [-0.39, 0.29) is 24.5 Å². The number of ether oxygens (including phenoxy) is 1. The van der Waals surface area contributed by atoms with Crippen molar-refractivity contribution in [2.24, 2.45) is 0 Å². The number of halogens is 1. The molecule has 1 N–H and O–H groups in total. The van der Waals surface area contributed by atoms with Gasteiger partial charge in [-0.1, -0.05) is 18.5 Å². The molecule has 1 aromatic carbocycles. The highest BCUT2D eigenvalue weighted by Gasteiger charge is 2.23. The number of piperidine rings is 1. The average molecular weight is 339 g/mol. The van der Waals surface area contributed by atoms with Gasteiger partial charge in [0.15, 0.2) is 6.61 Å². The lowest BCUT2D eigenvalue weighted by atomic mass is 10.0. The number of amides is 2. The zero-order chi connectivity index (χ0) is 16.7. The Labute approximate surface area is 141 Å². The monoisotopic (exact) mass is 338 g/mol. The molecule has 6 heteroatoms. The van der Waals surface area contributed by atoms with Crippen molar-refractivity contribution in [3.8, 4) is 5.75 Å². The summed E-state index contributed by atoms with van der Waals surface area (Å²) < 4.78 is 5.42. The van der Waals surface area contributed by atoms with Gasteiger partial charge in [-0.3, -0.25) is 9.59 Å². The predicted octanol–water partition coefficient (Wildman–Crippen LogP) is 2.63. The lowest BCUT2D eigenvalue weighted by molar-refractivity contribution is -0.132. The maximum Gasteiger partial charge on any atom is 0.258 e. The second-order valence-electron chi connectivity index (χ2n) is 5.72. The van der Waals surface area contributed by atoms with E-state index in [1.54, 1.807) is 24.3 Å². The molecule has 1 heterocycles. The summed E-state index contributed by atoms with van der Waals surface area (Å²) in [7, 11) is 0. The van der Waals surface area contributed by atoms with Crippen molar-refractivity contribution < 1.29 is 14.3 Å². The number of benzene rings is 1. The largest absolute Gasteiger partial charge is 0.484 e. The number of hydrogen-bond donors (Lipinski definition) is 1. The number of nitrogens with one attached hydrogen (secondary N) is 1. The Bertz CT molecular complexity index is 525. The summed E-state index contributed by atoms with van der Waals surface area (Å²) in [5, 5.41) is 3.59. The van der Waals surface area contributed by atoms with Gasteiger partial charge < -0.3 is 15.0 Å². The maximum absolute atomic E-state index is 11.9. The van der Waals surface area contributed by atoms with Crippen molar-refractivity contribution in [2.75, 3.05) is 19.7 Å². The van der Waals surface area contributed by atoms with Gasteiger partial charge in [0.2, 0.25) is 5.91 Å². The smallest absolute Gasteiger partial charge is 0.258 e. The minimum Gasteiger partial charge on any atom is -0.484 e. The Morgan fingerprint density at radius 1 is 1.26 bits per heavy atom. The molecule has 1 fully saturated rings. The third-order valence-corrected chi connectivity index (χ3v) is 4.11. The van der Waals surface area contributed by atoms with Gasteiger partial charge in [-0.2, -0.15) is 0 Å². The van der Waals surface area contributed by atoms with Crippen LogP contribution in [0.1, 0.15) is 32.6 Å². The molecule has 0 atom stereocenters. The van der Waals surface area contributed by atoms with Gasteiger partial charge in [-0.25, -0.2) is 0 Å². The van der Waals surface area contributed by atoms with Crippen molar-refractivity contribution in [3.63, 3.8) is 0 Å². The summed E-state index contributed by atoms with van der Waals surface area (Å²) in [6.07, 6.45) is 3.06. The van der Waals surface area contributed by atoms with E-state index in [9.17, 15) is 9.59 Å². The van der Waals surface area contributed by atoms with E-state index >= 15 is 0 Å². The highest BCUT2D eigenvalue weighted by molar-refractivity contribution is 6.30. The van der Waals surface area contributed by atoms with Crippen molar-refractivity contribution in [1.29, 1.82) is 0 Å². The van der Waals surface area contributed by atoms with Crippen LogP contribution in [-0.4, -0.2) is 42.5 Å². The van der Waals surface area contributed by atoms with Gasteiger partial charge in [-0.15, -0.1) is 0 Å². The number of carbonyl (C=O) groups is 2. The minimum atomic E-state index is -0.140. The Hall–Kier alpha value is -1.75. The molecule has 1 saturated heterocycles. The van der Waals surface area contributed by atoms with E-state index in [1.807, 2.05) is 11.8 Å². The van der Waals surface area contributed by atoms with Crippen molar-refractivity contribution in [3.05, 3.63) is 29.3 Å². The molecule has 23 heavy (non-hydrogen) atoms. The molecule has 0 spiro atoms. The van der Waals surface area contributed by atoms with Crippen LogP contribution < -0.4 is 10.1 Å². The standard InChI is InChI=1S/C17H23ClN2O3/c1-2-3-17(22)20-10-8-14(9-11-20)19-16(21)12-23-15-6-4-13(18)5-7-15/h4-7,14H,2-3,8-12H2,1H3,(H,19,21). The van der Waals surface area contributed by atoms with Crippen LogP contribution in [0, 0.1) is 0 Å². The van der Waals surface area contributed by atoms with Gasteiger partial charge in [0.25, 0.3) is 5.91 Å². The van der Waals surface area contributed by atoms with Gasteiger partial charge in [0.1, 0.15) is 5.75 Å². The van der Waals surface area contributed by atoms with Crippen molar-refractivity contribution >= 4 is 23.4 Å². The molecule has 0 radical (unpaired) electrons. The van der Waals surface area contributed by atoms with Crippen LogP contribution in [0.2, 0.25) is 5.02 Å². The van der Waals surface area contributed by atoms with E-state index in [4.69, 9.17) is 16.3 Å². The Balaban J connectivity index is 1.68. The lowest BCUT2D eigenvalue weighted by Crippen LogP contribution is -2.47. The normalized spacial score (nSPS) is 15.3. The Morgan fingerprint density at radius 3 is 2.52 bits per heavy atom. The first-order valence-corrected chi connectivity index (χ1v) is 8.41. The highest BCUT2D eigenvalue weighted by Crippen LogP contribution is 2.15. The molecule has 5 nitrogen and oxygen atoms in total. The van der Waals surface area contributed by atoms with Crippen LogP contribution in [-0.2, 0) is 9.59 Å². The number of likely N-dealkylation sites (tertiary alicyclic amines) is 1. The van der Waals surface area contributed by atoms with E-state index < -0.39 is 0 Å². The molecule has 0 aliphatic carbocycles. The van der Waals surface area contributed by atoms with Crippen molar-refractivity contribution in [1.82, 2.24) is 10.2 Å². The summed E-state index contributed by atoms with van der Waals surface area (Å²) in [4.78, 5) is 25.6. The fourth-order valence-corrected chi connectivity index (χ4v) is 2.72. The number of carbonyl (C=O) groups excluding carboxylic acids is 2. The number of hydrogen-bond acceptors (Lipinski definition) is 3. The van der Waals surface area contributed by atoms with E-state index in [0.717, 1.165) is 19.3 Å². The molecule has 2 rings (SSSR count). The van der Waals surface area contributed by atoms with Gasteiger partial charge >= 0.3 is 0 Å². The SMILES string of the molecule is CCCC(=O)N1CCC(NC(=O)COc2ccc(Cl)cc2)CC1. The molecule has 1 aliphatic rings. The molecule has 0 aromatic heterocycles. The van der Waals surface area contributed by atoms with Gasteiger partial charge in [0, 0.05) is 30.6 Å². The lowest BCUT2D eigenvalue weighted by Gasteiger charge is -2.32. The summed E-state index contributed by atoms with van der Waals surface area (Å²) in [6.45, 7) is 3.41. The molecular formula is C17H23ClN2O3. The van der Waals surface area contributed by atoms with Crippen LogP contribution in [0.4, 0.5) is 0 Å². The highest BCUT2D eigenvalue weighted by atomic mass is 35.5. The summed E-state index contributed by atoms with van der Waals surface area (Å²) >= 11 is 5.79. The predicted molar refractivity (Wildman–Crippen MR) is 89.6 cm³/mol. The summed E-state index contributed by atoms with van der Waals surface area (Å²) in [6, 6.07) is 7.01. The molecule has 0 bridgehead atoms. The third-order valence-electron chi connectivity index (χ3n) is 3.86. The average Bonchev–Trinajstić information content (AvgIpc) is 2.55. The quantitative estimate of drug-likeness (QED) is 0.867. The molecule has 0 unspecified atom stereocenters. The molecule has 2 amide bonds. The maximum atomic E-state index is 11.9. The van der Waals surface area contributed by atoms with Crippen LogP contribution in [0.3, 0.4) is 0 Å². The zero-order valence-electron chi connectivity index (χ0n) is 13.4. The van der Waals surface area contributed by atoms with Gasteiger partial charge in [-0.05, 0) is 43.5 Å². The molecular weight excluding hydrogens is 316 g/mol. The second kappa shape index (κ2) is 8.77. The van der Waals surface area contributed by atoms with E-state index in [0.29, 0.717) is 30.3 Å².